The Bertz CT molecular complexity index is 1120. The summed E-state index contributed by atoms with van der Waals surface area (Å²) < 4.78 is 75.0. The number of fused-ring (bicyclic) bond motifs is 1. The summed E-state index contributed by atoms with van der Waals surface area (Å²) in [5.41, 5.74) is -1.67. The van der Waals surface area contributed by atoms with Crippen LogP contribution in [0.2, 0.25) is 0 Å². The number of rotatable bonds is 6. The Morgan fingerprint density at radius 2 is 2.07 bits per heavy atom. The second kappa shape index (κ2) is 8.65. The van der Waals surface area contributed by atoms with E-state index in [1.807, 2.05) is 0 Å². The molecule has 148 valence electrons. The standard InChI is InChI=1S/C21H30N2O4/c1-12(2)19(25)17(24)10-13(3)20(26)22-18-16-9-7-6-8-15(16)11-14(4)23(5)21(18)27/h6-9,12-14,18-19,25H,10-11H2,1-5H3,(H,22,26)/t13-,14?,18+,19+/m1/s1/i6D,7D,8D,9D,11D2,14D,18D,19D. The van der Waals surface area contributed by atoms with Crippen molar-refractivity contribution in [3.63, 3.8) is 0 Å². The van der Waals surface area contributed by atoms with Gasteiger partial charge in [0.1, 0.15) is 12.1 Å². The Hall–Kier alpha value is -2.21. The van der Waals surface area contributed by atoms with E-state index in [0.29, 0.717) is 4.90 Å². The lowest BCUT2D eigenvalue weighted by Gasteiger charge is -2.26. The first-order valence-electron chi connectivity index (χ1n) is 13.1. The number of hydrogen-bond acceptors (Lipinski definition) is 4. The first kappa shape index (κ1) is 11.6. The zero-order valence-electron chi connectivity index (χ0n) is 25.0. The third-order valence-corrected chi connectivity index (χ3v) is 4.28. The van der Waals surface area contributed by atoms with E-state index in [2.05, 4.69) is 5.32 Å². The lowest BCUT2D eigenvalue weighted by molar-refractivity contribution is -0.138. The third-order valence-electron chi connectivity index (χ3n) is 4.28. The molecule has 0 aromatic heterocycles. The minimum Gasteiger partial charge on any atom is -0.385 e. The Labute approximate surface area is 173 Å². The first-order valence-corrected chi connectivity index (χ1v) is 8.55. The number of carbonyl (C=O) groups is 3. The molecule has 0 saturated heterocycles. The van der Waals surface area contributed by atoms with Crippen LogP contribution in [0.5, 0.6) is 0 Å². The van der Waals surface area contributed by atoms with Crippen molar-refractivity contribution in [3.8, 4) is 0 Å². The molecule has 1 aromatic rings. The molecule has 0 spiro atoms. The number of hydrogen-bond donors (Lipinski definition) is 2. The fourth-order valence-corrected chi connectivity index (χ4v) is 2.45. The Kier molecular flexibility index (Phi) is 3.71. The van der Waals surface area contributed by atoms with E-state index in [-0.39, 0.29) is 0 Å². The van der Waals surface area contributed by atoms with Crippen molar-refractivity contribution >= 4 is 17.6 Å². The molecule has 1 aliphatic rings. The van der Waals surface area contributed by atoms with Gasteiger partial charge in [-0.2, -0.15) is 0 Å². The number of benzene rings is 1. The molecule has 6 heteroatoms. The average Bonchev–Trinajstić information content (AvgIpc) is 2.79. The summed E-state index contributed by atoms with van der Waals surface area (Å²) in [5, 5.41) is 12.2. The molecule has 0 bridgehead atoms. The van der Waals surface area contributed by atoms with E-state index in [4.69, 9.17) is 12.3 Å². The summed E-state index contributed by atoms with van der Waals surface area (Å²) in [7, 11) is 1.01. The minimum atomic E-state index is -2.99. The highest BCUT2D eigenvalue weighted by Crippen LogP contribution is 2.27. The zero-order chi connectivity index (χ0) is 28.3. The Balaban J connectivity index is 2.73. The molecule has 0 radical (unpaired) electrons. The number of nitrogens with zero attached hydrogens (tertiary/aromatic N) is 1. The van der Waals surface area contributed by atoms with Gasteiger partial charge in [0, 0.05) is 28.1 Å². The van der Waals surface area contributed by atoms with Gasteiger partial charge in [0.05, 0.1) is 9.60 Å². The van der Waals surface area contributed by atoms with E-state index in [9.17, 15) is 19.5 Å². The van der Waals surface area contributed by atoms with Gasteiger partial charge in [0.25, 0.3) is 0 Å². The number of likely N-dealkylation sites (N-methyl/N-ethyl adjacent to an activating group) is 1. The molecule has 2 amide bonds. The van der Waals surface area contributed by atoms with Crippen molar-refractivity contribution in [2.75, 3.05) is 7.05 Å². The maximum atomic E-state index is 13.5. The summed E-state index contributed by atoms with van der Waals surface area (Å²) in [6.45, 7) is 5.12. The van der Waals surface area contributed by atoms with Gasteiger partial charge in [-0.1, -0.05) is 44.9 Å². The number of aliphatic hydroxyl groups is 1. The van der Waals surface area contributed by atoms with Crippen molar-refractivity contribution in [1.29, 1.82) is 0 Å². The molecule has 0 aliphatic carbocycles. The van der Waals surface area contributed by atoms with Crippen LogP contribution in [0.4, 0.5) is 0 Å². The third kappa shape index (κ3) is 4.75. The second-order valence-electron chi connectivity index (χ2n) is 6.76. The molecule has 2 rings (SSSR count). The summed E-state index contributed by atoms with van der Waals surface area (Å²) in [4.78, 5) is 39.5. The molecular weight excluding hydrogens is 344 g/mol. The molecule has 1 aliphatic heterocycles. The van der Waals surface area contributed by atoms with Gasteiger partial charge in [-0.15, -0.1) is 0 Å². The molecule has 0 saturated carbocycles. The fourth-order valence-electron chi connectivity index (χ4n) is 2.45. The average molecular weight is 384 g/mol. The highest BCUT2D eigenvalue weighted by atomic mass is 16.3. The number of ketones is 1. The van der Waals surface area contributed by atoms with Crippen LogP contribution < -0.4 is 5.32 Å². The van der Waals surface area contributed by atoms with Gasteiger partial charge in [0.15, 0.2) is 5.78 Å². The monoisotopic (exact) mass is 383 g/mol. The SMILES string of the molecule is [2H]c1c([2H])c([2H])c2c(c1[2H])C([2H])([2H])C([2H])(C)N(C)C(=O)[C@@]2([2H])NC(=O)[C@H](C)CC(=O)[C@@]([2H])(O)C(C)C. The van der Waals surface area contributed by atoms with Crippen LogP contribution in [-0.2, 0) is 20.8 Å². The summed E-state index contributed by atoms with van der Waals surface area (Å²) in [6.07, 6.45) is -6.03. The van der Waals surface area contributed by atoms with Gasteiger partial charge in [-0.05, 0) is 30.3 Å². The van der Waals surface area contributed by atoms with Crippen LogP contribution in [0.25, 0.3) is 0 Å². The van der Waals surface area contributed by atoms with Gasteiger partial charge < -0.3 is 15.3 Å². The van der Waals surface area contributed by atoms with Gasteiger partial charge in [-0.3, -0.25) is 14.4 Å². The van der Waals surface area contributed by atoms with Gasteiger partial charge >= 0.3 is 0 Å². The maximum Gasteiger partial charge on any atom is 0.249 e. The highest BCUT2D eigenvalue weighted by Gasteiger charge is 2.34. The molecule has 4 atom stereocenters. The number of nitrogens with one attached hydrogen (secondary N) is 1. The summed E-state index contributed by atoms with van der Waals surface area (Å²) >= 11 is 0. The van der Waals surface area contributed by atoms with Crippen LogP contribution in [0.15, 0.2) is 24.2 Å². The maximum absolute atomic E-state index is 13.5. The lowest BCUT2D eigenvalue weighted by Crippen LogP contribution is -2.44. The summed E-state index contributed by atoms with van der Waals surface area (Å²) in [5.74, 6) is -5.48. The van der Waals surface area contributed by atoms with Crippen molar-refractivity contribution in [2.45, 2.75) is 58.6 Å². The predicted octanol–water partition coefficient (Wildman–Crippen LogP) is 1.86. The van der Waals surface area contributed by atoms with Crippen molar-refractivity contribution in [1.82, 2.24) is 10.2 Å². The van der Waals surface area contributed by atoms with Crippen molar-refractivity contribution in [3.05, 3.63) is 35.3 Å². The number of Topliss-reactive ketones (excluding diaryl/α,β-unsaturated/α-hetero) is 1. The van der Waals surface area contributed by atoms with Crippen molar-refractivity contribution in [2.24, 2.45) is 11.8 Å². The first-order chi connectivity index (χ1) is 16.1. The second-order valence-corrected chi connectivity index (χ2v) is 6.76. The molecule has 0 fully saturated rings. The van der Waals surface area contributed by atoms with Crippen LogP contribution >= 0.6 is 0 Å². The molecule has 1 aromatic carbocycles. The normalized spacial score (nSPS) is 35.3. The lowest BCUT2D eigenvalue weighted by atomic mass is 9.94. The molecule has 2 N–H and O–H groups in total. The van der Waals surface area contributed by atoms with Crippen molar-refractivity contribution < 1.29 is 31.8 Å². The van der Waals surface area contributed by atoms with E-state index in [1.165, 1.54) is 20.8 Å². The zero-order valence-corrected chi connectivity index (χ0v) is 16.0. The predicted molar refractivity (Wildman–Crippen MR) is 103 cm³/mol. The van der Waals surface area contributed by atoms with Gasteiger partial charge in [-0.25, -0.2) is 0 Å². The fraction of sp³-hybridized carbons (Fsp3) is 0.571. The molecule has 1 heterocycles. The van der Waals surface area contributed by atoms with Crippen LogP contribution in [0.1, 0.15) is 63.6 Å². The summed E-state index contributed by atoms with van der Waals surface area (Å²) in [6, 6.07) is -8.99. The Morgan fingerprint density at radius 3 is 2.70 bits per heavy atom. The number of amides is 2. The van der Waals surface area contributed by atoms with E-state index < -0.39 is 95.6 Å². The topological polar surface area (TPSA) is 86.7 Å². The van der Waals surface area contributed by atoms with E-state index in [0.717, 1.165) is 14.0 Å². The Morgan fingerprint density at radius 1 is 1.44 bits per heavy atom. The van der Waals surface area contributed by atoms with Crippen LogP contribution in [0, 0.1) is 11.8 Å². The molecule has 1 unspecified atom stereocenters. The molecule has 27 heavy (non-hydrogen) atoms. The van der Waals surface area contributed by atoms with E-state index in [1.54, 1.807) is 0 Å². The van der Waals surface area contributed by atoms with E-state index >= 15 is 0 Å². The number of carbonyl (C=O) groups excluding carboxylic acids is 3. The molecule has 6 nitrogen and oxygen atoms in total. The van der Waals surface area contributed by atoms with Crippen LogP contribution in [-0.4, -0.2) is 46.7 Å². The quantitative estimate of drug-likeness (QED) is 0.785. The highest BCUT2D eigenvalue weighted by molar-refractivity contribution is 5.93. The minimum absolute atomic E-state index is 0.545. The van der Waals surface area contributed by atoms with Gasteiger partial charge in [0.2, 0.25) is 11.8 Å². The largest absolute Gasteiger partial charge is 0.385 e. The van der Waals surface area contributed by atoms with Crippen LogP contribution in [0.3, 0.4) is 0 Å². The molecular formula is C21H30N2O4. The smallest absolute Gasteiger partial charge is 0.249 e.